The fraction of sp³-hybridized carbons (Fsp3) is 0.579. The zero-order valence-corrected chi connectivity index (χ0v) is 19.0. The highest BCUT2D eigenvalue weighted by atomic mass is 127. The molecule has 0 bridgehead atoms. The number of guanidine groups is 1. The van der Waals surface area contributed by atoms with Crippen molar-refractivity contribution in [3.05, 3.63) is 24.3 Å². The molecule has 0 saturated carbocycles. The van der Waals surface area contributed by atoms with Gasteiger partial charge in [0.15, 0.2) is 5.96 Å². The molecule has 0 aliphatic carbocycles. The number of rotatable bonds is 6. The standard InChI is InChI=1S/C19H31N5O2.HI/c1-5-20-19(21-13-18(25)23(2)3)22-15-8-7-11-24(14-15)16-9-6-10-17(12-16)26-4;/h6,9-10,12,15H,5,7-8,11,13-14H2,1-4H3,(H2,20,21,22);1H. The molecule has 1 aromatic rings. The van der Waals surface area contributed by atoms with Gasteiger partial charge in [-0.15, -0.1) is 24.0 Å². The average Bonchev–Trinajstić information content (AvgIpc) is 2.66. The van der Waals surface area contributed by atoms with Gasteiger partial charge in [0.25, 0.3) is 0 Å². The van der Waals surface area contributed by atoms with Gasteiger partial charge in [0.2, 0.25) is 5.91 Å². The van der Waals surface area contributed by atoms with Crippen molar-refractivity contribution in [1.29, 1.82) is 0 Å². The summed E-state index contributed by atoms with van der Waals surface area (Å²) in [6, 6.07) is 8.43. The second-order valence-corrected chi connectivity index (χ2v) is 6.61. The van der Waals surface area contributed by atoms with Crippen LogP contribution < -0.4 is 20.3 Å². The molecule has 0 aromatic heterocycles. The summed E-state index contributed by atoms with van der Waals surface area (Å²) in [6.07, 6.45) is 2.18. The number of piperidine rings is 1. The number of nitrogens with one attached hydrogen (secondary N) is 2. The summed E-state index contributed by atoms with van der Waals surface area (Å²) in [5, 5.41) is 6.70. The number of ether oxygens (including phenoxy) is 1. The SMILES string of the molecule is CCNC(=NCC(=O)N(C)C)NC1CCCN(c2cccc(OC)c2)C1.I. The lowest BCUT2D eigenvalue weighted by Crippen LogP contribution is -2.51. The zero-order valence-electron chi connectivity index (χ0n) is 16.7. The smallest absolute Gasteiger partial charge is 0.243 e. The minimum absolute atomic E-state index is 0. The van der Waals surface area contributed by atoms with Crippen LogP contribution in [0.1, 0.15) is 19.8 Å². The number of methoxy groups -OCH3 is 1. The summed E-state index contributed by atoms with van der Waals surface area (Å²) < 4.78 is 5.34. The van der Waals surface area contributed by atoms with Gasteiger partial charge in [-0.3, -0.25) is 4.79 Å². The van der Waals surface area contributed by atoms with Gasteiger partial charge in [-0.05, 0) is 31.9 Å². The molecule has 152 valence electrons. The Balaban J connectivity index is 0.00000364. The van der Waals surface area contributed by atoms with Crippen molar-refractivity contribution in [2.45, 2.75) is 25.8 Å². The van der Waals surface area contributed by atoms with Crippen LogP contribution in [0, 0.1) is 0 Å². The van der Waals surface area contributed by atoms with Crippen LogP contribution in [0.4, 0.5) is 5.69 Å². The van der Waals surface area contributed by atoms with Crippen LogP contribution in [0.5, 0.6) is 5.75 Å². The number of amides is 1. The monoisotopic (exact) mass is 489 g/mol. The number of carbonyl (C=O) groups excluding carboxylic acids is 1. The number of hydrogen-bond acceptors (Lipinski definition) is 4. The van der Waals surface area contributed by atoms with Crippen LogP contribution in [0.25, 0.3) is 0 Å². The van der Waals surface area contributed by atoms with Crippen LogP contribution in [0.15, 0.2) is 29.3 Å². The lowest BCUT2D eigenvalue weighted by atomic mass is 10.0. The first kappa shape index (κ1) is 23.3. The Morgan fingerprint density at radius 3 is 2.85 bits per heavy atom. The number of likely N-dealkylation sites (N-methyl/N-ethyl adjacent to an activating group) is 1. The topological polar surface area (TPSA) is 69.2 Å². The fourth-order valence-electron chi connectivity index (χ4n) is 2.94. The van der Waals surface area contributed by atoms with Crippen molar-refractivity contribution in [1.82, 2.24) is 15.5 Å². The number of carbonyl (C=O) groups is 1. The minimum Gasteiger partial charge on any atom is -0.497 e. The fourth-order valence-corrected chi connectivity index (χ4v) is 2.94. The molecule has 7 nitrogen and oxygen atoms in total. The van der Waals surface area contributed by atoms with Crippen molar-refractivity contribution in [2.24, 2.45) is 4.99 Å². The first-order chi connectivity index (χ1) is 12.5. The Hall–Kier alpha value is -1.71. The van der Waals surface area contributed by atoms with E-state index in [1.807, 2.05) is 19.1 Å². The largest absolute Gasteiger partial charge is 0.497 e. The molecule has 0 spiro atoms. The van der Waals surface area contributed by atoms with E-state index in [4.69, 9.17) is 4.74 Å². The summed E-state index contributed by atoms with van der Waals surface area (Å²) in [6.45, 7) is 4.84. The van der Waals surface area contributed by atoms with Crippen LogP contribution >= 0.6 is 24.0 Å². The maximum absolute atomic E-state index is 11.8. The van der Waals surface area contributed by atoms with Gasteiger partial charge in [-0.25, -0.2) is 4.99 Å². The number of hydrogen-bond donors (Lipinski definition) is 2. The van der Waals surface area contributed by atoms with E-state index >= 15 is 0 Å². The molecule has 1 saturated heterocycles. The quantitative estimate of drug-likeness (QED) is 0.363. The first-order valence-corrected chi connectivity index (χ1v) is 9.17. The predicted octanol–water partition coefficient (Wildman–Crippen LogP) is 1.93. The summed E-state index contributed by atoms with van der Waals surface area (Å²) in [7, 11) is 5.17. The molecule has 1 heterocycles. The Morgan fingerprint density at radius 2 is 2.19 bits per heavy atom. The molecule has 1 amide bonds. The molecule has 8 heteroatoms. The van der Waals surface area contributed by atoms with Crippen molar-refractivity contribution in [3.63, 3.8) is 0 Å². The minimum atomic E-state index is -0.0103. The number of nitrogens with zero attached hydrogens (tertiary/aromatic N) is 3. The molecule has 2 N–H and O–H groups in total. The molecule has 1 atom stereocenters. The normalized spacial score (nSPS) is 17.0. The predicted molar refractivity (Wildman–Crippen MR) is 121 cm³/mol. The molecular formula is C19H32IN5O2. The van der Waals surface area contributed by atoms with Gasteiger partial charge in [0, 0.05) is 51.5 Å². The number of aliphatic imine (C=N–C) groups is 1. The van der Waals surface area contributed by atoms with E-state index in [1.54, 1.807) is 26.1 Å². The van der Waals surface area contributed by atoms with Crippen LogP contribution in [-0.2, 0) is 4.79 Å². The first-order valence-electron chi connectivity index (χ1n) is 9.17. The van der Waals surface area contributed by atoms with Crippen molar-refractivity contribution in [2.75, 3.05) is 52.3 Å². The summed E-state index contributed by atoms with van der Waals surface area (Å²) in [4.78, 5) is 20.1. The van der Waals surface area contributed by atoms with Gasteiger partial charge in [0.05, 0.1) is 7.11 Å². The molecule has 0 radical (unpaired) electrons. The molecular weight excluding hydrogens is 457 g/mol. The van der Waals surface area contributed by atoms with E-state index in [0.717, 1.165) is 38.2 Å². The van der Waals surface area contributed by atoms with Crippen molar-refractivity contribution in [3.8, 4) is 5.75 Å². The molecule has 2 rings (SSSR count). The molecule has 1 unspecified atom stereocenters. The maximum Gasteiger partial charge on any atom is 0.243 e. The van der Waals surface area contributed by atoms with E-state index in [9.17, 15) is 4.79 Å². The lowest BCUT2D eigenvalue weighted by Gasteiger charge is -2.35. The molecule has 1 fully saturated rings. The highest BCUT2D eigenvalue weighted by Crippen LogP contribution is 2.24. The highest BCUT2D eigenvalue weighted by Gasteiger charge is 2.21. The van der Waals surface area contributed by atoms with E-state index in [2.05, 4.69) is 32.7 Å². The van der Waals surface area contributed by atoms with Crippen molar-refractivity contribution < 1.29 is 9.53 Å². The third-order valence-electron chi connectivity index (χ3n) is 4.40. The third-order valence-corrected chi connectivity index (χ3v) is 4.40. The molecule has 27 heavy (non-hydrogen) atoms. The number of benzene rings is 1. The Kier molecular flexibility index (Phi) is 10.3. The van der Waals surface area contributed by atoms with E-state index in [0.29, 0.717) is 5.96 Å². The second-order valence-electron chi connectivity index (χ2n) is 6.61. The number of anilines is 1. The van der Waals surface area contributed by atoms with Crippen LogP contribution in [-0.4, -0.2) is 70.2 Å². The van der Waals surface area contributed by atoms with Gasteiger partial charge < -0.3 is 25.2 Å². The van der Waals surface area contributed by atoms with Gasteiger partial charge in [0.1, 0.15) is 12.3 Å². The number of halogens is 1. The lowest BCUT2D eigenvalue weighted by molar-refractivity contribution is -0.127. The molecule has 1 aliphatic rings. The van der Waals surface area contributed by atoms with Crippen LogP contribution in [0.2, 0.25) is 0 Å². The van der Waals surface area contributed by atoms with Gasteiger partial charge in [-0.1, -0.05) is 6.07 Å². The summed E-state index contributed by atoms with van der Waals surface area (Å²) in [5.74, 6) is 1.55. The van der Waals surface area contributed by atoms with Crippen LogP contribution in [0.3, 0.4) is 0 Å². The average molecular weight is 489 g/mol. The Morgan fingerprint density at radius 1 is 1.41 bits per heavy atom. The van der Waals surface area contributed by atoms with Crippen molar-refractivity contribution >= 4 is 41.5 Å². The summed E-state index contributed by atoms with van der Waals surface area (Å²) in [5.41, 5.74) is 1.17. The van der Waals surface area contributed by atoms with Gasteiger partial charge in [-0.2, -0.15) is 0 Å². The summed E-state index contributed by atoms with van der Waals surface area (Å²) >= 11 is 0. The zero-order chi connectivity index (χ0) is 18.9. The van der Waals surface area contributed by atoms with E-state index in [-0.39, 0.29) is 42.5 Å². The Labute approximate surface area is 179 Å². The molecule has 1 aliphatic heterocycles. The Bertz CT molecular complexity index is 624. The maximum atomic E-state index is 11.8. The van der Waals surface area contributed by atoms with Gasteiger partial charge >= 0.3 is 0 Å². The van der Waals surface area contributed by atoms with E-state index < -0.39 is 0 Å². The van der Waals surface area contributed by atoms with E-state index in [1.165, 1.54) is 5.69 Å². The second kappa shape index (κ2) is 11.9. The third kappa shape index (κ3) is 7.43. The molecule has 1 aromatic carbocycles. The highest BCUT2D eigenvalue weighted by molar-refractivity contribution is 14.0.